The third-order valence-corrected chi connectivity index (χ3v) is 5.00. The fraction of sp³-hybridized carbons (Fsp3) is 0.167. The number of ether oxygens (including phenoxy) is 3. The first-order chi connectivity index (χ1) is 14.9. The van der Waals surface area contributed by atoms with Crippen LogP contribution in [0.25, 0.3) is 22.5 Å². The number of rotatable bonds is 5. The topological polar surface area (TPSA) is 88.1 Å². The van der Waals surface area contributed by atoms with Crippen molar-refractivity contribution in [3.05, 3.63) is 75.6 Å². The van der Waals surface area contributed by atoms with Crippen LogP contribution in [0.4, 0.5) is 0 Å². The monoisotopic (exact) mass is 420 g/mol. The van der Waals surface area contributed by atoms with Gasteiger partial charge in [-0.25, -0.2) is 9.59 Å². The Hall–Kier alpha value is -4.00. The minimum atomic E-state index is -0.674. The molecule has 31 heavy (non-hydrogen) atoms. The van der Waals surface area contributed by atoms with Gasteiger partial charge in [0, 0.05) is 17.0 Å². The highest BCUT2D eigenvalue weighted by Crippen LogP contribution is 2.35. The van der Waals surface area contributed by atoms with E-state index >= 15 is 0 Å². The molecule has 0 radical (unpaired) electrons. The molecule has 0 aliphatic carbocycles. The van der Waals surface area contributed by atoms with Gasteiger partial charge in [-0.1, -0.05) is 18.2 Å². The largest absolute Gasteiger partial charge is 0.497 e. The van der Waals surface area contributed by atoms with Crippen molar-refractivity contribution in [2.75, 3.05) is 14.2 Å². The molecule has 0 aliphatic heterocycles. The van der Waals surface area contributed by atoms with E-state index in [0.717, 1.165) is 5.39 Å². The maximum Gasteiger partial charge on any atom is 0.347 e. The predicted octanol–water partition coefficient (Wildman–Crippen LogP) is 4.91. The van der Waals surface area contributed by atoms with Crippen LogP contribution in [0.2, 0.25) is 0 Å². The standard InChI is InChI=1S/C24H20O7/c1-13-21(30-24(26)17-10-9-16(27-3)12-19(17)28-4)14(2)23(25)31-22(13)20-11-15-7-5-6-8-18(15)29-20/h5-12H,1-4H3. The zero-order chi connectivity index (χ0) is 22.1. The Morgan fingerprint density at radius 2 is 1.68 bits per heavy atom. The van der Waals surface area contributed by atoms with Gasteiger partial charge in [-0.2, -0.15) is 0 Å². The Balaban J connectivity index is 1.77. The molecule has 0 atom stereocenters. The minimum absolute atomic E-state index is 0.120. The number of furan rings is 1. The molecule has 4 aromatic rings. The number of carbonyl (C=O) groups excluding carboxylic acids is 1. The van der Waals surface area contributed by atoms with Gasteiger partial charge in [0.25, 0.3) is 0 Å². The molecule has 0 saturated heterocycles. The molecule has 0 unspecified atom stereocenters. The van der Waals surface area contributed by atoms with E-state index in [1.807, 2.05) is 24.3 Å². The second-order valence-corrected chi connectivity index (χ2v) is 6.90. The summed E-state index contributed by atoms with van der Waals surface area (Å²) in [5.74, 6) is 0.848. The van der Waals surface area contributed by atoms with Crippen molar-refractivity contribution in [2.45, 2.75) is 13.8 Å². The molecule has 0 N–H and O–H groups in total. The number of fused-ring (bicyclic) bond motifs is 1. The van der Waals surface area contributed by atoms with E-state index in [4.69, 9.17) is 23.0 Å². The van der Waals surface area contributed by atoms with Crippen LogP contribution in [-0.2, 0) is 0 Å². The van der Waals surface area contributed by atoms with Gasteiger partial charge in [-0.05, 0) is 38.1 Å². The quantitative estimate of drug-likeness (QED) is 0.424. The van der Waals surface area contributed by atoms with Gasteiger partial charge in [0.2, 0.25) is 0 Å². The van der Waals surface area contributed by atoms with E-state index in [9.17, 15) is 9.59 Å². The SMILES string of the molecule is COc1ccc(C(=O)Oc2c(C)c(-c3cc4ccccc4o3)oc(=O)c2C)c(OC)c1. The van der Waals surface area contributed by atoms with Crippen molar-refractivity contribution < 1.29 is 27.8 Å². The maximum absolute atomic E-state index is 12.9. The van der Waals surface area contributed by atoms with Crippen LogP contribution in [0.5, 0.6) is 17.2 Å². The van der Waals surface area contributed by atoms with Gasteiger partial charge < -0.3 is 23.0 Å². The zero-order valence-corrected chi connectivity index (χ0v) is 17.5. The first-order valence-corrected chi connectivity index (χ1v) is 9.50. The third kappa shape index (κ3) is 3.66. The molecule has 0 saturated carbocycles. The Bertz CT molecular complexity index is 1310. The van der Waals surface area contributed by atoms with Crippen molar-refractivity contribution >= 4 is 16.9 Å². The Morgan fingerprint density at radius 1 is 0.903 bits per heavy atom. The molecule has 2 aromatic heterocycles. The van der Waals surface area contributed by atoms with Crippen molar-refractivity contribution in [2.24, 2.45) is 0 Å². The molecule has 7 heteroatoms. The van der Waals surface area contributed by atoms with Crippen LogP contribution in [0, 0.1) is 13.8 Å². The fourth-order valence-electron chi connectivity index (χ4n) is 3.32. The highest BCUT2D eigenvalue weighted by Gasteiger charge is 2.23. The normalized spacial score (nSPS) is 10.8. The Kier molecular flexibility index (Phi) is 5.25. The van der Waals surface area contributed by atoms with Gasteiger partial charge in [-0.15, -0.1) is 0 Å². The average molecular weight is 420 g/mol. The van der Waals surface area contributed by atoms with Crippen LogP contribution >= 0.6 is 0 Å². The Labute approximate surface area is 177 Å². The molecule has 158 valence electrons. The first kappa shape index (κ1) is 20.3. The lowest BCUT2D eigenvalue weighted by Gasteiger charge is -2.13. The number of esters is 1. The zero-order valence-electron chi connectivity index (χ0n) is 17.5. The second-order valence-electron chi connectivity index (χ2n) is 6.90. The van der Waals surface area contributed by atoms with E-state index in [1.54, 1.807) is 25.1 Å². The lowest BCUT2D eigenvalue weighted by Crippen LogP contribution is -2.16. The first-order valence-electron chi connectivity index (χ1n) is 9.50. The molecule has 7 nitrogen and oxygen atoms in total. The van der Waals surface area contributed by atoms with Crippen LogP contribution < -0.4 is 19.8 Å². The van der Waals surface area contributed by atoms with E-state index < -0.39 is 11.6 Å². The predicted molar refractivity (Wildman–Crippen MR) is 114 cm³/mol. The van der Waals surface area contributed by atoms with Gasteiger partial charge in [0.1, 0.15) is 28.4 Å². The number of carbonyl (C=O) groups is 1. The van der Waals surface area contributed by atoms with Crippen molar-refractivity contribution in [1.82, 2.24) is 0 Å². The molecular formula is C24H20O7. The summed E-state index contributed by atoms with van der Waals surface area (Å²) in [4.78, 5) is 25.4. The molecule has 0 aliphatic rings. The van der Waals surface area contributed by atoms with E-state index in [1.165, 1.54) is 27.2 Å². The maximum atomic E-state index is 12.9. The van der Waals surface area contributed by atoms with Crippen molar-refractivity contribution in [3.63, 3.8) is 0 Å². The number of para-hydroxylation sites is 1. The van der Waals surface area contributed by atoms with Gasteiger partial charge in [0.15, 0.2) is 11.5 Å². The molecule has 0 bridgehead atoms. The number of hydrogen-bond donors (Lipinski definition) is 0. The summed E-state index contributed by atoms with van der Waals surface area (Å²) >= 11 is 0. The van der Waals surface area contributed by atoms with Crippen molar-refractivity contribution in [1.29, 1.82) is 0 Å². The van der Waals surface area contributed by atoms with Crippen molar-refractivity contribution in [3.8, 4) is 28.8 Å². The van der Waals surface area contributed by atoms with E-state index in [0.29, 0.717) is 28.4 Å². The molecule has 0 amide bonds. The van der Waals surface area contributed by atoms with Gasteiger partial charge in [0.05, 0.1) is 19.8 Å². The fourth-order valence-corrected chi connectivity index (χ4v) is 3.32. The molecule has 4 rings (SSSR count). The lowest BCUT2D eigenvalue weighted by molar-refractivity contribution is 0.0727. The second kappa shape index (κ2) is 8.02. The Morgan fingerprint density at radius 3 is 2.39 bits per heavy atom. The molecular weight excluding hydrogens is 400 g/mol. The number of hydrogen-bond acceptors (Lipinski definition) is 7. The lowest BCUT2D eigenvalue weighted by atomic mass is 10.1. The summed E-state index contributed by atoms with van der Waals surface area (Å²) < 4.78 is 27.4. The highest BCUT2D eigenvalue weighted by atomic mass is 16.5. The number of benzene rings is 2. The summed E-state index contributed by atoms with van der Waals surface area (Å²) in [6.45, 7) is 3.24. The minimum Gasteiger partial charge on any atom is -0.497 e. The molecule has 2 heterocycles. The summed E-state index contributed by atoms with van der Waals surface area (Å²) in [6.07, 6.45) is 0. The summed E-state index contributed by atoms with van der Waals surface area (Å²) in [6, 6.07) is 14.0. The summed E-state index contributed by atoms with van der Waals surface area (Å²) in [7, 11) is 2.96. The van der Waals surface area contributed by atoms with Crippen LogP contribution in [-0.4, -0.2) is 20.2 Å². The van der Waals surface area contributed by atoms with Gasteiger partial charge >= 0.3 is 11.6 Å². The molecule has 2 aromatic carbocycles. The molecule has 0 fully saturated rings. The van der Waals surface area contributed by atoms with Gasteiger partial charge in [-0.3, -0.25) is 0 Å². The van der Waals surface area contributed by atoms with Crippen LogP contribution in [0.1, 0.15) is 21.5 Å². The smallest absolute Gasteiger partial charge is 0.347 e. The average Bonchev–Trinajstić information content (AvgIpc) is 3.22. The highest BCUT2D eigenvalue weighted by molar-refractivity contribution is 5.94. The summed E-state index contributed by atoms with van der Waals surface area (Å²) in [5, 5.41) is 0.863. The van der Waals surface area contributed by atoms with Crippen LogP contribution in [0.3, 0.4) is 0 Å². The summed E-state index contributed by atoms with van der Waals surface area (Å²) in [5.41, 5.74) is 0.878. The molecule has 0 spiro atoms. The van der Waals surface area contributed by atoms with E-state index in [-0.39, 0.29) is 22.6 Å². The third-order valence-electron chi connectivity index (χ3n) is 5.00. The van der Waals surface area contributed by atoms with E-state index in [2.05, 4.69) is 0 Å². The van der Waals surface area contributed by atoms with Crippen LogP contribution in [0.15, 0.2) is 62.2 Å². The number of methoxy groups -OCH3 is 2.